The molecule has 2 aliphatic rings. The van der Waals surface area contributed by atoms with Gasteiger partial charge in [-0.25, -0.2) is 0 Å². The second kappa shape index (κ2) is 6.55. The molecule has 3 unspecified atom stereocenters. The number of ether oxygens (including phenoxy) is 1. The van der Waals surface area contributed by atoms with Crippen molar-refractivity contribution in [2.75, 3.05) is 26.2 Å². The van der Waals surface area contributed by atoms with Crippen LogP contribution >= 0.6 is 0 Å². The summed E-state index contributed by atoms with van der Waals surface area (Å²) in [7, 11) is 0. The summed E-state index contributed by atoms with van der Waals surface area (Å²) in [5, 5.41) is 3.79. The van der Waals surface area contributed by atoms with Crippen molar-refractivity contribution in [2.24, 2.45) is 5.41 Å². The lowest BCUT2D eigenvalue weighted by atomic mass is 9.72. The fraction of sp³-hybridized carbons (Fsp3) is 1.00. The highest BCUT2D eigenvalue weighted by Gasteiger charge is 2.38. The molecule has 3 atom stereocenters. The first-order chi connectivity index (χ1) is 9.02. The minimum Gasteiger partial charge on any atom is -0.376 e. The SMILES string of the molecule is CCCNC1CCC(C)(C)CC1N1CCOC(C)C1. The predicted molar refractivity (Wildman–Crippen MR) is 80.5 cm³/mol. The van der Waals surface area contributed by atoms with E-state index in [1.807, 2.05) is 0 Å². The summed E-state index contributed by atoms with van der Waals surface area (Å²) in [6.07, 6.45) is 5.62. The van der Waals surface area contributed by atoms with E-state index in [1.165, 1.54) is 25.7 Å². The lowest BCUT2D eigenvalue weighted by Crippen LogP contribution is -2.58. The average molecular weight is 268 g/mol. The molecule has 0 spiro atoms. The van der Waals surface area contributed by atoms with Gasteiger partial charge in [0.05, 0.1) is 12.7 Å². The lowest BCUT2D eigenvalue weighted by molar-refractivity contribution is -0.0547. The largest absolute Gasteiger partial charge is 0.376 e. The molecule has 0 radical (unpaired) electrons. The molecule has 2 rings (SSSR count). The molecule has 0 aromatic rings. The van der Waals surface area contributed by atoms with Crippen LogP contribution in [0.3, 0.4) is 0 Å². The predicted octanol–water partition coefficient (Wildman–Crippen LogP) is 2.65. The Morgan fingerprint density at radius 1 is 1.37 bits per heavy atom. The van der Waals surface area contributed by atoms with Gasteiger partial charge in [0.1, 0.15) is 0 Å². The van der Waals surface area contributed by atoms with Crippen LogP contribution in [0, 0.1) is 5.41 Å². The Bertz CT molecular complexity index is 280. The van der Waals surface area contributed by atoms with Crippen molar-refractivity contribution in [2.45, 2.75) is 71.6 Å². The third-order valence-corrected chi connectivity index (χ3v) is 4.76. The molecule has 112 valence electrons. The van der Waals surface area contributed by atoms with Crippen molar-refractivity contribution in [1.82, 2.24) is 10.2 Å². The van der Waals surface area contributed by atoms with Gasteiger partial charge in [0.2, 0.25) is 0 Å². The Kier molecular flexibility index (Phi) is 5.27. The third-order valence-electron chi connectivity index (χ3n) is 4.76. The Labute approximate surface area is 119 Å². The minimum absolute atomic E-state index is 0.394. The van der Waals surface area contributed by atoms with E-state index in [0.717, 1.165) is 26.2 Å². The molecule has 1 saturated carbocycles. The van der Waals surface area contributed by atoms with Crippen molar-refractivity contribution in [3.63, 3.8) is 0 Å². The molecule has 0 aromatic heterocycles. The van der Waals surface area contributed by atoms with Gasteiger partial charge in [0.25, 0.3) is 0 Å². The summed E-state index contributed by atoms with van der Waals surface area (Å²) in [5.74, 6) is 0. The van der Waals surface area contributed by atoms with Crippen molar-refractivity contribution < 1.29 is 4.74 Å². The van der Waals surface area contributed by atoms with E-state index in [1.54, 1.807) is 0 Å². The monoisotopic (exact) mass is 268 g/mol. The highest BCUT2D eigenvalue weighted by Crippen LogP contribution is 2.38. The van der Waals surface area contributed by atoms with E-state index in [-0.39, 0.29) is 0 Å². The van der Waals surface area contributed by atoms with Gasteiger partial charge >= 0.3 is 0 Å². The summed E-state index contributed by atoms with van der Waals surface area (Å²) in [5.41, 5.74) is 0.497. The van der Waals surface area contributed by atoms with Gasteiger partial charge in [-0.2, -0.15) is 0 Å². The molecule has 0 amide bonds. The number of nitrogens with zero attached hydrogens (tertiary/aromatic N) is 1. The zero-order valence-electron chi connectivity index (χ0n) is 13.2. The topological polar surface area (TPSA) is 24.5 Å². The summed E-state index contributed by atoms with van der Waals surface area (Å²) in [6.45, 7) is 13.6. The summed E-state index contributed by atoms with van der Waals surface area (Å²) >= 11 is 0. The fourth-order valence-corrected chi connectivity index (χ4v) is 3.65. The van der Waals surface area contributed by atoms with E-state index in [2.05, 4.69) is 37.9 Å². The maximum Gasteiger partial charge on any atom is 0.0674 e. The van der Waals surface area contributed by atoms with Crippen LogP contribution in [-0.4, -0.2) is 49.3 Å². The Morgan fingerprint density at radius 2 is 2.16 bits per heavy atom. The molecule has 0 bridgehead atoms. The van der Waals surface area contributed by atoms with E-state index in [0.29, 0.717) is 23.6 Å². The fourth-order valence-electron chi connectivity index (χ4n) is 3.65. The van der Waals surface area contributed by atoms with Crippen molar-refractivity contribution in [3.05, 3.63) is 0 Å². The molecule has 0 aromatic carbocycles. The van der Waals surface area contributed by atoms with Gasteiger partial charge in [-0.1, -0.05) is 20.8 Å². The molecule has 1 heterocycles. The van der Waals surface area contributed by atoms with Crippen molar-refractivity contribution in [3.8, 4) is 0 Å². The van der Waals surface area contributed by atoms with Crippen LogP contribution in [-0.2, 0) is 4.74 Å². The van der Waals surface area contributed by atoms with Crippen LogP contribution in [0.2, 0.25) is 0 Å². The van der Waals surface area contributed by atoms with Crippen LogP contribution in [0.5, 0.6) is 0 Å². The number of hydrogen-bond acceptors (Lipinski definition) is 3. The molecule has 1 aliphatic heterocycles. The maximum absolute atomic E-state index is 5.71. The molecular formula is C16H32N2O. The maximum atomic E-state index is 5.71. The molecule has 3 nitrogen and oxygen atoms in total. The molecule has 19 heavy (non-hydrogen) atoms. The Balaban J connectivity index is 2.01. The minimum atomic E-state index is 0.394. The van der Waals surface area contributed by atoms with Gasteiger partial charge < -0.3 is 10.1 Å². The van der Waals surface area contributed by atoms with Crippen molar-refractivity contribution >= 4 is 0 Å². The number of nitrogens with one attached hydrogen (secondary N) is 1. The van der Waals surface area contributed by atoms with E-state index >= 15 is 0 Å². The molecule has 2 fully saturated rings. The highest BCUT2D eigenvalue weighted by atomic mass is 16.5. The molecule has 1 saturated heterocycles. The second-order valence-corrected chi connectivity index (χ2v) is 7.21. The summed E-state index contributed by atoms with van der Waals surface area (Å²) in [4.78, 5) is 2.68. The van der Waals surface area contributed by atoms with Gasteiger partial charge in [-0.05, 0) is 44.6 Å². The first-order valence-corrected chi connectivity index (χ1v) is 8.11. The quantitative estimate of drug-likeness (QED) is 0.848. The lowest BCUT2D eigenvalue weighted by Gasteiger charge is -2.48. The van der Waals surface area contributed by atoms with Crippen LogP contribution in [0.1, 0.15) is 53.4 Å². The van der Waals surface area contributed by atoms with Gasteiger partial charge in [-0.3, -0.25) is 4.90 Å². The van der Waals surface area contributed by atoms with Crippen LogP contribution in [0.15, 0.2) is 0 Å². The molecule has 1 aliphatic carbocycles. The molecular weight excluding hydrogens is 236 g/mol. The van der Waals surface area contributed by atoms with Crippen LogP contribution in [0.25, 0.3) is 0 Å². The average Bonchev–Trinajstić information content (AvgIpc) is 2.36. The molecule has 1 N–H and O–H groups in total. The van der Waals surface area contributed by atoms with Crippen LogP contribution < -0.4 is 5.32 Å². The Hall–Kier alpha value is -0.120. The number of rotatable bonds is 4. The standard InChI is InChI=1S/C16H32N2O/c1-5-8-17-14-6-7-16(3,4)11-15(14)18-9-10-19-13(2)12-18/h13-15,17H,5-12H2,1-4H3. The van der Waals surface area contributed by atoms with Crippen LogP contribution in [0.4, 0.5) is 0 Å². The summed E-state index contributed by atoms with van der Waals surface area (Å²) in [6, 6.07) is 1.37. The first-order valence-electron chi connectivity index (χ1n) is 8.11. The van der Waals surface area contributed by atoms with Gasteiger partial charge in [0.15, 0.2) is 0 Å². The highest BCUT2D eigenvalue weighted by molar-refractivity contribution is 4.95. The number of morpholine rings is 1. The zero-order valence-corrected chi connectivity index (χ0v) is 13.2. The third kappa shape index (κ3) is 4.17. The van der Waals surface area contributed by atoms with Gasteiger partial charge in [-0.15, -0.1) is 0 Å². The van der Waals surface area contributed by atoms with E-state index in [9.17, 15) is 0 Å². The van der Waals surface area contributed by atoms with E-state index < -0.39 is 0 Å². The van der Waals surface area contributed by atoms with Crippen molar-refractivity contribution in [1.29, 1.82) is 0 Å². The number of hydrogen-bond donors (Lipinski definition) is 1. The zero-order chi connectivity index (χ0) is 13.9. The normalized spacial score (nSPS) is 36.3. The van der Waals surface area contributed by atoms with Gasteiger partial charge in [0, 0.05) is 25.2 Å². The van der Waals surface area contributed by atoms with E-state index in [4.69, 9.17) is 4.74 Å². The second-order valence-electron chi connectivity index (χ2n) is 7.21. The summed E-state index contributed by atoms with van der Waals surface area (Å²) < 4.78 is 5.71. The first kappa shape index (κ1) is 15.3. The smallest absolute Gasteiger partial charge is 0.0674 e. The molecule has 3 heteroatoms. The Morgan fingerprint density at radius 3 is 2.84 bits per heavy atom.